The molecule has 2 nitrogen and oxygen atoms in total. The molecule has 1 N–H and O–H groups in total. The van der Waals surface area contributed by atoms with Crippen molar-refractivity contribution >= 4 is 0 Å². The number of alkyl halides is 2. The van der Waals surface area contributed by atoms with Gasteiger partial charge in [-0.25, -0.2) is 0 Å². The summed E-state index contributed by atoms with van der Waals surface area (Å²) in [7, 11) is 0. The summed E-state index contributed by atoms with van der Waals surface area (Å²) in [5, 5.41) is 9.88. The largest absolute Gasteiger partial charge is 0.361 e. The average molecular weight is 236 g/mol. The third-order valence-corrected chi connectivity index (χ3v) is 3.38. The Labute approximate surface area is 96.0 Å². The van der Waals surface area contributed by atoms with Gasteiger partial charge in [-0.15, -0.1) is 0 Å². The van der Waals surface area contributed by atoms with Crippen LogP contribution in [-0.2, 0) is 4.74 Å². The van der Waals surface area contributed by atoms with Crippen LogP contribution in [0.15, 0.2) is 0 Å². The van der Waals surface area contributed by atoms with E-state index in [9.17, 15) is 13.9 Å². The zero-order valence-corrected chi connectivity index (χ0v) is 10.4. The van der Waals surface area contributed by atoms with Crippen LogP contribution in [0.2, 0.25) is 0 Å². The predicted molar refractivity (Wildman–Crippen MR) is 58.4 cm³/mol. The van der Waals surface area contributed by atoms with Crippen molar-refractivity contribution in [3.8, 4) is 0 Å². The first-order chi connectivity index (χ1) is 7.27. The number of halogens is 2. The molecule has 0 bridgehead atoms. The zero-order valence-electron chi connectivity index (χ0n) is 10.4. The minimum absolute atomic E-state index is 0.0173. The lowest BCUT2D eigenvalue weighted by molar-refractivity contribution is -0.286. The Morgan fingerprint density at radius 3 is 2.25 bits per heavy atom. The van der Waals surface area contributed by atoms with Crippen molar-refractivity contribution in [3.63, 3.8) is 0 Å². The van der Waals surface area contributed by atoms with Gasteiger partial charge < -0.3 is 9.84 Å². The molecule has 1 unspecified atom stereocenters. The highest BCUT2D eigenvalue weighted by molar-refractivity contribution is 5.01. The maximum absolute atomic E-state index is 13.9. The Balaban J connectivity index is 2.57. The molecule has 1 fully saturated rings. The maximum Gasteiger partial charge on any atom is 0.307 e. The Hall–Kier alpha value is -0.220. The highest BCUT2D eigenvalue weighted by Crippen LogP contribution is 2.52. The van der Waals surface area contributed by atoms with Crippen LogP contribution in [0.1, 0.15) is 52.9 Å². The second-order valence-electron chi connectivity index (χ2n) is 5.34. The summed E-state index contributed by atoms with van der Waals surface area (Å²) in [4.78, 5) is 0. The van der Waals surface area contributed by atoms with Gasteiger partial charge in [0.1, 0.15) is 0 Å². The summed E-state index contributed by atoms with van der Waals surface area (Å²) in [6.45, 7) is 4.82. The molecule has 0 aromatic carbocycles. The van der Waals surface area contributed by atoms with E-state index in [2.05, 4.69) is 6.92 Å². The normalized spacial score (nSPS) is 31.9. The van der Waals surface area contributed by atoms with Gasteiger partial charge in [-0.1, -0.05) is 40.0 Å². The molecule has 1 rings (SSSR count). The van der Waals surface area contributed by atoms with Crippen LogP contribution in [0, 0.1) is 5.41 Å². The van der Waals surface area contributed by atoms with Gasteiger partial charge in [-0.3, -0.25) is 0 Å². The highest BCUT2D eigenvalue weighted by Gasteiger charge is 2.67. The molecule has 16 heavy (non-hydrogen) atoms. The zero-order chi connectivity index (χ0) is 12.4. The second-order valence-corrected chi connectivity index (χ2v) is 5.34. The van der Waals surface area contributed by atoms with Crippen molar-refractivity contribution in [3.05, 3.63) is 0 Å². The third-order valence-electron chi connectivity index (χ3n) is 3.38. The molecule has 0 spiro atoms. The van der Waals surface area contributed by atoms with Crippen LogP contribution in [0.4, 0.5) is 8.78 Å². The molecular formula is C12H22F2O2. The van der Waals surface area contributed by atoms with E-state index in [1.807, 2.05) is 0 Å². The molecule has 0 saturated carbocycles. The smallest absolute Gasteiger partial charge is 0.307 e. The van der Waals surface area contributed by atoms with E-state index in [0.29, 0.717) is 6.42 Å². The van der Waals surface area contributed by atoms with Gasteiger partial charge >= 0.3 is 5.92 Å². The van der Waals surface area contributed by atoms with E-state index >= 15 is 0 Å². The summed E-state index contributed by atoms with van der Waals surface area (Å²) in [5.41, 5.74) is -1.29. The molecular weight excluding hydrogens is 214 g/mol. The summed E-state index contributed by atoms with van der Waals surface area (Å²) in [6.07, 6.45) is 3.50. The van der Waals surface area contributed by atoms with Gasteiger partial charge in [-0.2, -0.15) is 8.78 Å². The number of unbranched alkanes of at least 4 members (excludes halogenated alkanes) is 3. The molecule has 0 aromatic heterocycles. The lowest BCUT2D eigenvalue weighted by Gasteiger charge is -2.33. The molecule has 0 aliphatic carbocycles. The lowest BCUT2D eigenvalue weighted by Crippen LogP contribution is -2.50. The molecule has 0 amide bonds. The lowest BCUT2D eigenvalue weighted by atomic mass is 9.83. The summed E-state index contributed by atoms with van der Waals surface area (Å²) in [6, 6.07) is 0. The van der Waals surface area contributed by atoms with Crippen LogP contribution >= 0.6 is 0 Å². The summed E-state index contributed by atoms with van der Waals surface area (Å²) in [5.74, 6) is -5.43. The van der Waals surface area contributed by atoms with E-state index < -0.39 is 17.1 Å². The Kier molecular flexibility index (Phi) is 3.95. The first kappa shape index (κ1) is 13.8. The molecule has 96 valence electrons. The minimum atomic E-state index is -3.17. The fourth-order valence-electron chi connectivity index (χ4n) is 2.03. The van der Waals surface area contributed by atoms with Gasteiger partial charge in [0.05, 0.1) is 12.0 Å². The Morgan fingerprint density at radius 2 is 1.81 bits per heavy atom. The fraction of sp³-hybridized carbons (Fsp3) is 1.00. The first-order valence-corrected chi connectivity index (χ1v) is 6.01. The number of hydrogen-bond donors (Lipinski definition) is 1. The van der Waals surface area contributed by atoms with Crippen molar-refractivity contribution in [1.29, 1.82) is 0 Å². The van der Waals surface area contributed by atoms with E-state index in [1.165, 1.54) is 13.8 Å². The minimum Gasteiger partial charge on any atom is -0.361 e. The molecule has 1 heterocycles. The van der Waals surface area contributed by atoms with Gasteiger partial charge in [0, 0.05) is 6.42 Å². The molecule has 1 atom stereocenters. The van der Waals surface area contributed by atoms with Crippen molar-refractivity contribution in [2.45, 2.75) is 64.6 Å². The number of ether oxygens (including phenoxy) is 1. The van der Waals surface area contributed by atoms with E-state index in [-0.39, 0.29) is 13.0 Å². The van der Waals surface area contributed by atoms with Crippen molar-refractivity contribution in [1.82, 2.24) is 0 Å². The molecule has 1 aliphatic rings. The molecule has 0 aromatic rings. The highest BCUT2D eigenvalue weighted by atomic mass is 19.3. The molecule has 1 aliphatic heterocycles. The number of hydrogen-bond acceptors (Lipinski definition) is 2. The SMILES string of the molecule is CCCCCCC1(O)OCC(C)(C)C1(F)F. The van der Waals surface area contributed by atoms with E-state index in [0.717, 1.165) is 19.3 Å². The quantitative estimate of drug-likeness (QED) is 0.742. The standard InChI is InChI=1S/C12H22F2O2/c1-4-5-6-7-8-11(15)12(13,14)10(2,3)9-16-11/h15H,4-9H2,1-3H3. The average Bonchev–Trinajstić information content (AvgIpc) is 2.35. The second kappa shape index (κ2) is 4.57. The van der Waals surface area contributed by atoms with Gasteiger partial charge in [0.25, 0.3) is 0 Å². The Bertz CT molecular complexity index is 241. The number of rotatable bonds is 5. The van der Waals surface area contributed by atoms with Gasteiger partial charge in [-0.05, 0) is 6.42 Å². The van der Waals surface area contributed by atoms with Crippen molar-refractivity contribution < 1.29 is 18.6 Å². The molecule has 0 radical (unpaired) electrons. The topological polar surface area (TPSA) is 29.5 Å². The van der Waals surface area contributed by atoms with Crippen molar-refractivity contribution in [2.24, 2.45) is 5.41 Å². The van der Waals surface area contributed by atoms with Gasteiger partial charge in [0.15, 0.2) is 0 Å². The summed E-state index contributed by atoms with van der Waals surface area (Å²) < 4.78 is 32.8. The predicted octanol–water partition coefficient (Wildman–Crippen LogP) is 3.34. The molecule has 1 saturated heterocycles. The van der Waals surface area contributed by atoms with Crippen LogP contribution in [0.5, 0.6) is 0 Å². The van der Waals surface area contributed by atoms with Gasteiger partial charge in [0.2, 0.25) is 5.79 Å². The fourth-order valence-corrected chi connectivity index (χ4v) is 2.03. The Morgan fingerprint density at radius 1 is 1.19 bits per heavy atom. The van der Waals surface area contributed by atoms with E-state index in [1.54, 1.807) is 0 Å². The summed E-state index contributed by atoms with van der Waals surface area (Å²) >= 11 is 0. The first-order valence-electron chi connectivity index (χ1n) is 6.01. The molecule has 4 heteroatoms. The van der Waals surface area contributed by atoms with Crippen LogP contribution in [0.25, 0.3) is 0 Å². The number of aliphatic hydroxyl groups is 1. The van der Waals surface area contributed by atoms with Crippen LogP contribution < -0.4 is 0 Å². The van der Waals surface area contributed by atoms with Crippen LogP contribution in [0.3, 0.4) is 0 Å². The maximum atomic E-state index is 13.9. The monoisotopic (exact) mass is 236 g/mol. The van der Waals surface area contributed by atoms with Crippen LogP contribution in [-0.4, -0.2) is 23.4 Å². The third kappa shape index (κ3) is 2.23. The van der Waals surface area contributed by atoms with Crippen molar-refractivity contribution in [2.75, 3.05) is 6.61 Å². The van der Waals surface area contributed by atoms with E-state index in [4.69, 9.17) is 4.74 Å².